The van der Waals surface area contributed by atoms with Gasteiger partial charge in [0, 0.05) is 40.3 Å². The molecule has 1 saturated heterocycles. The molecule has 1 atom stereocenters. The van der Waals surface area contributed by atoms with Gasteiger partial charge in [-0.3, -0.25) is 4.99 Å². The molecule has 1 aliphatic heterocycles. The number of guanidine groups is 1. The van der Waals surface area contributed by atoms with Crippen LogP contribution in [0, 0.1) is 11.8 Å². The molecule has 2 aliphatic rings. The van der Waals surface area contributed by atoms with Crippen molar-refractivity contribution >= 4 is 5.96 Å². The lowest BCUT2D eigenvalue weighted by molar-refractivity contribution is 0.115. The van der Waals surface area contributed by atoms with Crippen molar-refractivity contribution in [3.63, 3.8) is 0 Å². The van der Waals surface area contributed by atoms with Crippen LogP contribution in [0.5, 0.6) is 0 Å². The van der Waals surface area contributed by atoms with E-state index < -0.39 is 0 Å². The molecule has 1 N–H and O–H groups in total. The minimum absolute atomic E-state index is 0.753. The first-order valence-electron chi connectivity index (χ1n) is 8.94. The lowest BCUT2D eigenvalue weighted by Crippen LogP contribution is -2.42. The van der Waals surface area contributed by atoms with E-state index in [0.717, 1.165) is 44.1 Å². The zero-order chi connectivity index (χ0) is 15.8. The zero-order valence-electron chi connectivity index (χ0n) is 14.7. The van der Waals surface area contributed by atoms with Crippen LogP contribution >= 0.6 is 0 Å². The Balaban J connectivity index is 1.59. The van der Waals surface area contributed by atoms with Crippen LogP contribution in [0.15, 0.2) is 4.99 Å². The van der Waals surface area contributed by atoms with Crippen LogP contribution in [-0.4, -0.2) is 75.8 Å². The van der Waals surface area contributed by atoms with Gasteiger partial charge in [-0.25, -0.2) is 0 Å². The van der Waals surface area contributed by atoms with Gasteiger partial charge in [-0.15, -0.1) is 0 Å². The van der Waals surface area contributed by atoms with Crippen molar-refractivity contribution in [2.24, 2.45) is 16.8 Å². The highest BCUT2D eigenvalue weighted by Gasteiger charge is 2.22. The number of nitrogens with zero attached hydrogens (tertiary/aromatic N) is 3. The van der Waals surface area contributed by atoms with Gasteiger partial charge < -0.3 is 19.9 Å². The molecule has 0 aromatic heterocycles. The van der Waals surface area contributed by atoms with E-state index in [1.165, 1.54) is 45.3 Å². The Morgan fingerprint density at radius 3 is 2.82 bits per heavy atom. The van der Waals surface area contributed by atoms with Crippen molar-refractivity contribution in [2.45, 2.75) is 32.6 Å². The van der Waals surface area contributed by atoms with Crippen molar-refractivity contribution in [2.75, 3.05) is 60.0 Å². The Morgan fingerprint density at radius 1 is 1.32 bits per heavy atom. The van der Waals surface area contributed by atoms with E-state index >= 15 is 0 Å². The van der Waals surface area contributed by atoms with Gasteiger partial charge in [-0.1, -0.05) is 6.92 Å². The predicted molar refractivity (Wildman–Crippen MR) is 92.4 cm³/mol. The number of likely N-dealkylation sites (N-methyl/N-ethyl adjacent to an activating group) is 1. The summed E-state index contributed by atoms with van der Waals surface area (Å²) in [5, 5.41) is 3.53. The Labute approximate surface area is 136 Å². The largest absolute Gasteiger partial charge is 0.379 e. The molecule has 22 heavy (non-hydrogen) atoms. The molecule has 1 heterocycles. The molecule has 5 nitrogen and oxygen atoms in total. The molecule has 2 rings (SSSR count). The summed E-state index contributed by atoms with van der Waals surface area (Å²) < 4.78 is 5.71. The molecule has 1 saturated carbocycles. The fourth-order valence-corrected chi connectivity index (χ4v) is 3.06. The number of ether oxygens (including phenoxy) is 1. The van der Waals surface area contributed by atoms with Crippen molar-refractivity contribution in [3.8, 4) is 0 Å². The number of likely N-dealkylation sites (tertiary alicyclic amines) is 1. The number of rotatable bonds is 9. The Bertz CT molecular complexity index is 344. The van der Waals surface area contributed by atoms with Crippen molar-refractivity contribution in [1.82, 2.24) is 15.1 Å². The molecule has 0 aromatic carbocycles. The Kier molecular flexibility index (Phi) is 7.46. The molecule has 0 aromatic rings. The SMILES string of the molecule is CCCN1CCC(CNC(=NC)N(C)CCOCC2CC2)C1. The molecule has 0 radical (unpaired) electrons. The van der Waals surface area contributed by atoms with Crippen LogP contribution < -0.4 is 5.32 Å². The summed E-state index contributed by atoms with van der Waals surface area (Å²) in [6.45, 7) is 9.64. The number of hydrogen-bond acceptors (Lipinski definition) is 3. The lowest BCUT2D eigenvalue weighted by Gasteiger charge is -2.23. The maximum Gasteiger partial charge on any atom is 0.193 e. The summed E-state index contributed by atoms with van der Waals surface area (Å²) in [6.07, 6.45) is 5.27. The standard InChI is InChI=1S/C17H34N4O/c1-4-8-21-9-7-16(13-21)12-19-17(18-2)20(3)10-11-22-14-15-5-6-15/h15-16H,4-14H2,1-3H3,(H,18,19). The Morgan fingerprint density at radius 2 is 2.14 bits per heavy atom. The van der Waals surface area contributed by atoms with Gasteiger partial charge in [0.1, 0.15) is 0 Å². The second kappa shape index (κ2) is 9.36. The van der Waals surface area contributed by atoms with Gasteiger partial charge in [0.15, 0.2) is 5.96 Å². The monoisotopic (exact) mass is 310 g/mol. The average Bonchev–Trinajstić information content (AvgIpc) is 3.24. The number of nitrogens with one attached hydrogen (secondary N) is 1. The van der Waals surface area contributed by atoms with Crippen molar-refractivity contribution in [3.05, 3.63) is 0 Å². The number of hydrogen-bond donors (Lipinski definition) is 1. The van der Waals surface area contributed by atoms with E-state index in [1.807, 2.05) is 7.05 Å². The highest BCUT2D eigenvalue weighted by Crippen LogP contribution is 2.28. The zero-order valence-corrected chi connectivity index (χ0v) is 14.7. The first-order chi connectivity index (χ1) is 10.7. The maximum absolute atomic E-state index is 5.71. The average molecular weight is 310 g/mol. The summed E-state index contributed by atoms with van der Waals surface area (Å²) in [7, 11) is 3.95. The molecule has 128 valence electrons. The molecule has 5 heteroatoms. The van der Waals surface area contributed by atoms with Crippen LogP contribution in [0.3, 0.4) is 0 Å². The quantitative estimate of drug-likeness (QED) is 0.399. The fourth-order valence-electron chi connectivity index (χ4n) is 3.06. The normalized spacial score (nSPS) is 23.0. The van der Waals surface area contributed by atoms with Gasteiger partial charge in [0.25, 0.3) is 0 Å². The van der Waals surface area contributed by atoms with E-state index in [0.29, 0.717) is 0 Å². The lowest BCUT2D eigenvalue weighted by atomic mass is 10.1. The van der Waals surface area contributed by atoms with Gasteiger partial charge >= 0.3 is 0 Å². The third-order valence-corrected chi connectivity index (χ3v) is 4.65. The second-order valence-electron chi connectivity index (χ2n) is 6.82. The minimum atomic E-state index is 0.753. The predicted octanol–water partition coefficient (Wildman–Crippen LogP) is 1.65. The van der Waals surface area contributed by atoms with Crippen LogP contribution in [0.4, 0.5) is 0 Å². The fraction of sp³-hybridized carbons (Fsp3) is 0.941. The highest BCUT2D eigenvalue weighted by atomic mass is 16.5. The van der Waals surface area contributed by atoms with Gasteiger partial charge in [0.2, 0.25) is 0 Å². The van der Waals surface area contributed by atoms with E-state index in [2.05, 4.69) is 34.1 Å². The van der Waals surface area contributed by atoms with E-state index in [9.17, 15) is 0 Å². The summed E-state index contributed by atoms with van der Waals surface area (Å²) in [5.74, 6) is 2.59. The molecule has 0 bridgehead atoms. The van der Waals surface area contributed by atoms with Gasteiger partial charge in [-0.05, 0) is 50.6 Å². The first-order valence-corrected chi connectivity index (χ1v) is 8.94. The second-order valence-corrected chi connectivity index (χ2v) is 6.82. The van der Waals surface area contributed by atoms with Crippen LogP contribution in [-0.2, 0) is 4.74 Å². The topological polar surface area (TPSA) is 40.1 Å². The van der Waals surface area contributed by atoms with Crippen molar-refractivity contribution in [1.29, 1.82) is 0 Å². The smallest absolute Gasteiger partial charge is 0.193 e. The number of aliphatic imine (C=N–C) groups is 1. The molecule has 0 amide bonds. The maximum atomic E-state index is 5.71. The molecule has 1 aliphatic carbocycles. The van der Waals surface area contributed by atoms with E-state index in [4.69, 9.17) is 4.74 Å². The summed E-state index contributed by atoms with van der Waals surface area (Å²) in [4.78, 5) is 9.14. The third-order valence-electron chi connectivity index (χ3n) is 4.65. The molecule has 0 spiro atoms. The van der Waals surface area contributed by atoms with E-state index in [-0.39, 0.29) is 0 Å². The first kappa shape index (κ1) is 17.5. The minimum Gasteiger partial charge on any atom is -0.379 e. The molecule has 1 unspecified atom stereocenters. The highest BCUT2D eigenvalue weighted by molar-refractivity contribution is 5.79. The molecule has 2 fully saturated rings. The molecular weight excluding hydrogens is 276 g/mol. The third kappa shape index (κ3) is 6.13. The summed E-state index contributed by atoms with van der Waals surface area (Å²) >= 11 is 0. The summed E-state index contributed by atoms with van der Waals surface area (Å²) in [5.41, 5.74) is 0. The van der Waals surface area contributed by atoms with Crippen LogP contribution in [0.2, 0.25) is 0 Å². The summed E-state index contributed by atoms with van der Waals surface area (Å²) in [6, 6.07) is 0. The molecular formula is C17H34N4O. The van der Waals surface area contributed by atoms with Crippen LogP contribution in [0.25, 0.3) is 0 Å². The van der Waals surface area contributed by atoms with Gasteiger partial charge in [0.05, 0.1) is 6.61 Å². The van der Waals surface area contributed by atoms with Gasteiger partial charge in [-0.2, -0.15) is 0 Å². The van der Waals surface area contributed by atoms with Crippen molar-refractivity contribution < 1.29 is 4.74 Å². The van der Waals surface area contributed by atoms with E-state index in [1.54, 1.807) is 0 Å². The van der Waals surface area contributed by atoms with Crippen LogP contribution in [0.1, 0.15) is 32.6 Å². The Hall–Kier alpha value is -0.810.